The van der Waals surface area contributed by atoms with E-state index in [4.69, 9.17) is 5.73 Å². The third-order valence-corrected chi connectivity index (χ3v) is 1.80. The molecule has 1 aromatic rings. The minimum atomic E-state index is -0.381. The number of nitrogens with two attached hydrogens (primary N) is 1. The fourth-order valence-electron chi connectivity index (χ4n) is 1.11. The second-order valence-corrected chi connectivity index (χ2v) is 3.14. The molecular weight excluding hydrogens is 178 g/mol. The summed E-state index contributed by atoms with van der Waals surface area (Å²) in [5.74, 6) is -0.176. The van der Waals surface area contributed by atoms with Crippen LogP contribution in [0.15, 0.2) is 24.3 Å². The fraction of sp³-hybridized carbons (Fsp3) is 0.182. The number of primary amides is 1. The third-order valence-electron chi connectivity index (χ3n) is 1.80. The Kier molecular flexibility index (Phi) is 3.29. The number of aromatic hydroxyl groups is 1. The first-order valence-electron chi connectivity index (χ1n) is 4.34. The average molecular weight is 191 g/mol. The number of carbonyl (C=O) groups excluding carboxylic acids is 1. The molecule has 74 valence electrons. The SMILES string of the molecule is Cc1ccc(O)c(C=CCC(N)=O)c1. The normalized spacial score (nSPS) is 10.6. The summed E-state index contributed by atoms with van der Waals surface area (Å²) in [6.07, 6.45) is 3.51. The highest BCUT2D eigenvalue weighted by Gasteiger charge is 1.96. The number of aryl methyl sites for hydroxylation is 1. The number of rotatable bonds is 3. The summed E-state index contributed by atoms with van der Waals surface area (Å²) in [4.78, 5) is 10.4. The van der Waals surface area contributed by atoms with Crippen molar-refractivity contribution >= 4 is 12.0 Å². The Morgan fingerprint density at radius 2 is 2.29 bits per heavy atom. The van der Waals surface area contributed by atoms with Crippen LogP contribution in [0.3, 0.4) is 0 Å². The van der Waals surface area contributed by atoms with E-state index >= 15 is 0 Å². The molecule has 0 aliphatic carbocycles. The molecule has 1 aromatic carbocycles. The summed E-state index contributed by atoms with van der Waals surface area (Å²) in [6.45, 7) is 1.94. The van der Waals surface area contributed by atoms with Crippen molar-refractivity contribution < 1.29 is 9.90 Å². The van der Waals surface area contributed by atoms with E-state index in [1.54, 1.807) is 18.2 Å². The number of amides is 1. The highest BCUT2D eigenvalue weighted by atomic mass is 16.3. The summed E-state index contributed by atoms with van der Waals surface area (Å²) < 4.78 is 0. The van der Waals surface area contributed by atoms with Crippen LogP contribution in [0.25, 0.3) is 6.08 Å². The number of phenolic OH excluding ortho intramolecular Hbond substituents is 1. The maximum absolute atomic E-state index is 10.4. The van der Waals surface area contributed by atoms with Crippen molar-refractivity contribution in [2.24, 2.45) is 5.73 Å². The largest absolute Gasteiger partial charge is 0.507 e. The van der Waals surface area contributed by atoms with Gasteiger partial charge in [-0.25, -0.2) is 0 Å². The van der Waals surface area contributed by atoms with Crippen LogP contribution < -0.4 is 5.73 Å². The molecule has 0 saturated heterocycles. The molecule has 0 aliphatic heterocycles. The summed E-state index contributed by atoms with van der Waals surface area (Å²) in [5, 5.41) is 9.43. The standard InChI is InChI=1S/C11H13NO2/c1-8-5-6-10(13)9(7-8)3-2-4-11(12)14/h2-3,5-7,13H,4H2,1H3,(H2,12,14). The minimum absolute atomic E-state index is 0.188. The molecule has 0 spiro atoms. The van der Waals surface area contributed by atoms with Crippen LogP contribution in [0.5, 0.6) is 5.75 Å². The maximum atomic E-state index is 10.4. The average Bonchev–Trinajstić information content (AvgIpc) is 2.10. The van der Waals surface area contributed by atoms with Crippen molar-refractivity contribution in [3.63, 3.8) is 0 Å². The molecule has 0 aromatic heterocycles. The van der Waals surface area contributed by atoms with E-state index in [1.807, 2.05) is 19.1 Å². The zero-order chi connectivity index (χ0) is 10.6. The van der Waals surface area contributed by atoms with E-state index < -0.39 is 0 Å². The molecule has 0 heterocycles. The van der Waals surface area contributed by atoms with Gasteiger partial charge in [-0.05, 0) is 19.1 Å². The van der Waals surface area contributed by atoms with E-state index in [0.29, 0.717) is 5.56 Å². The van der Waals surface area contributed by atoms with Gasteiger partial charge in [0.25, 0.3) is 0 Å². The quantitative estimate of drug-likeness (QED) is 0.762. The van der Waals surface area contributed by atoms with Gasteiger partial charge in [-0.15, -0.1) is 0 Å². The molecule has 1 amide bonds. The van der Waals surface area contributed by atoms with Crippen LogP contribution in [0.1, 0.15) is 17.5 Å². The Balaban J connectivity index is 2.80. The summed E-state index contributed by atoms with van der Waals surface area (Å²) in [5.41, 5.74) is 6.73. The van der Waals surface area contributed by atoms with Crippen LogP contribution in [0, 0.1) is 6.92 Å². The lowest BCUT2D eigenvalue weighted by Gasteiger charge is -1.99. The van der Waals surface area contributed by atoms with Gasteiger partial charge < -0.3 is 10.8 Å². The van der Waals surface area contributed by atoms with Crippen molar-refractivity contribution in [1.29, 1.82) is 0 Å². The molecule has 0 saturated carbocycles. The predicted molar refractivity (Wildman–Crippen MR) is 55.7 cm³/mol. The van der Waals surface area contributed by atoms with E-state index in [1.165, 1.54) is 0 Å². The molecule has 1 rings (SSSR count). The third kappa shape index (κ3) is 2.94. The van der Waals surface area contributed by atoms with Gasteiger partial charge in [0.1, 0.15) is 5.75 Å². The molecule has 0 fully saturated rings. The first kappa shape index (κ1) is 10.3. The molecule has 3 N–H and O–H groups in total. The lowest BCUT2D eigenvalue weighted by Crippen LogP contribution is -2.07. The molecule has 0 radical (unpaired) electrons. The minimum Gasteiger partial charge on any atom is -0.507 e. The first-order valence-corrected chi connectivity index (χ1v) is 4.34. The Hall–Kier alpha value is -1.77. The van der Waals surface area contributed by atoms with Crippen LogP contribution in [0.4, 0.5) is 0 Å². The molecule has 3 nitrogen and oxygen atoms in total. The molecule has 3 heteroatoms. The van der Waals surface area contributed by atoms with Gasteiger partial charge in [-0.2, -0.15) is 0 Å². The lowest BCUT2D eigenvalue weighted by molar-refractivity contribution is -0.117. The van der Waals surface area contributed by atoms with Gasteiger partial charge in [-0.1, -0.05) is 23.8 Å². The van der Waals surface area contributed by atoms with Crippen molar-refractivity contribution in [3.8, 4) is 5.75 Å². The van der Waals surface area contributed by atoms with Crippen molar-refractivity contribution in [1.82, 2.24) is 0 Å². The fourth-order valence-corrected chi connectivity index (χ4v) is 1.11. The molecule has 0 unspecified atom stereocenters. The van der Waals surface area contributed by atoms with Crippen LogP contribution in [-0.4, -0.2) is 11.0 Å². The summed E-state index contributed by atoms with van der Waals surface area (Å²) in [6, 6.07) is 5.28. The van der Waals surface area contributed by atoms with E-state index in [0.717, 1.165) is 5.56 Å². The maximum Gasteiger partial charge on any atom is 0.221 e. The van der Waals surface area contributed by atoms with Crippen LogP contribution in [0.2, 0.25) is 0 Å². The van der Waals surface area contributed by atoms with Crippen molar-refractivity contribution in [2.75, 3.05) is 0 Å². The second kappa shape index (κ2) is 4.46. The summed E-state index contributed by atoms with van der Waals surface area (Å²) >= 11 is 0. The van der Waals surface area contributed by atoms with Crippen LogP contribution >= 0.6 is 0 Å². The molecule has 0 aliphatic rings. The Morgan fingerprint density at radius 1 is 1.57 bits per heavy atom. The van der Waals surface area contributed by atoms with Crippen molar-refractivity contribution in [3.05, 3.63) is 35.4 Å². The van der Waals surface area contributed by atoms with Gasteiger partial charge in [0.2, 0.25) is 5.91 Å². The van der Waals surface area contributed by atoms with Gasteiger partial charge in [0.05, 0.1) is 0 Å². The molecule has 14 heavy (non-hydrogen) atoms. The molecule has 0 atom stereocenters. The highest BCUT2D eigenvalue weighted by Crippen LogP contribution is 2.19. The number of hydrogen-bond acceptors (Lipinski definition) is 2. The Bertz CT molecular complexity index is 370. The van der Waals surface area contributed by atoms with Gasteiger partial charge in [-0.3, -0.25) is 4.79 Å². The number of benzene rings is 1. The van der Waals surface area contributed by atoms with Gasteiger partial charge in [0, 0.05) is 12.0 Å². The van der Waals surface area contributed by atoms with E-state index in [2.05, 4.69) is 0 Å². The van der Waals surface area contributed by atoms with Gasteiger partial charge in [0.15, 0.2) is 0 Å². The van der Waals surface area contributed by atoms with E-state index in [-0.39, 0.29) is 18.1 Å². The monoisotopic (exact) mass is 191 g/mol. The Labute approximate surface area is 82.9 Å². The van der Waals surface area contributed by atoms with Crippen LogP contribution in [-0.2, 0) is 4.79 Å². The second-order valence-electron chi connectivity index (χ2n) is 3.14. The van der Waals surface area contributed by atoms with Crippen molar-refractivity contribution in [2.45, 2.75) is 13.3 Å². The highest BCUT2D eigenvalue weighted by molar-refractivity contribution is 5.76. The molecule has 0 bridgehead atoms. The lowest BCUT2D eigenvalue weighted by atomic mass is 10.1. The summed E-state index contributed by atoms with van der Waals surface area (Å²) in [7, 11) is 0. The zero-order valence-electron chi connectivity index (χ0n) is 8.03. The number of hydrogen-bond donors (Lipinski definition) is 2. The van der Waals surface area contributed by atoms with E-state index in [9.17, 15) is 9.90 Å². The zero-order valence-corrected chi connectivity index (χ0v) is 8.03. The first-order chi connectivity index (χ1) is 6.59. The number of phenols is 1. The smallest absolute Gasteiger partial charge is 0.221 e. The van der Waals surface area contributed by atoms with Gasteiger partial charge >= 0.3 is 0 Å². The Morgan fingerprint density at radius 3 is 2.93 bits per heavy atom. The number of carbonyl (C=O) groups is 1. The predicted octanol–water partition coefficient (Wildman–Crippen LogP) is 1.59. The molecular formula is C11H13NO2. The topological polar surface area (TPSA) is 63.3 Å².